The van der Waals surface area contributed by atoms with Gasteiger partial charge in [0.15, 0.2) is 0 Å². The Balaban J connectivity index is 0. The molecular formula is C18H35BrN2O7. The molecule has 0 atom stereocenters. The van der Waals surface area contributed by atoms with Crippen LogP contribution in [0.3, 0.4) is 0 Å². The molecule has 0 aliphatic heterocycles. The Morgan fingerprint density at radius 3 is 1.75 bits per heavy atom. The van der Waals surface area contributed by atoms with E-state index in [1.165, 1.54) is 0 Å². The van der Waals surface area contributed by atoms with Crippen molar-refractivity contribution in [2.75, 3.05) is 31.6 Å². The van der Waals surface area contributed by atoms with Crippen molar-refractivity contribution in [3.8, 4) is 0 Å². The summed E-state index contributed by atoms with van der Waals surface area (Å²) in [6, 6.07) is 0. The lowest BCUT2D eigenvalue weighted by atomic mass is 10.2. The summed E-state index contributed by atoms with van der Waals surface area (Å²) in [4.78, 5) is 33.1. The Bertz CT molecular complexity index is 460. The van der Waals surface area contributed by atoms with E-state index >= 15 is 0 Å². The number of ether oxygens (including phenoxy) is 3. The van der Waals surface area contributed by atoms with Crippen molar-refractivity contribution in [1.29, 1.82) is 0 Å². The molecule has 0 radical (unpaired) electrons. The first-order chi connectivity index (χ1) is 12.8. The van der Waals surface area contributed by atoms with Gasteiger partial charge >= 0.3 is 18.2 Å². The van der Waals surface area contributed by atoms with Crippen LogP contribution >= 0.6 is 15.9 Å². The largest absolute Gasteiger partial charge is 0.464 e. The summed E-state index contributed by atoms with van der Waals surface area (Å²) < 4.78 is 14.8. The fourth-order valence-corrected chi connectivity index (χ4v) is 1.67. The third kappa shape index (κ3) is 24.5. The molecule has 0 bridgehead atoms. The molecule has 0 aromatic rings. The number of halogens is 1. The van der Waals surface area contributed by atoms with Gasteiger partial charge in [0.2, 0.25) is 0 Å². The minimum Gasteiger partial charge on any atom is -0.464 e. The van der Waals surface area contributed by atoms with Crippen molar-refractivity contribution in [1.82, 2.24) is 10.6 Å². The quantitative estimate of drug-likeness (QED) is 0.215. The molecule has 9 nitrogen and oxygen atoms in total. The number of nitrogens with one attached hydrogen (secondary N) is 2. The molecule has 0 fully saturated rings. The number of aliphatic hydroxyl groups excluding tert-OH is 1. The lowest BCUT2D eigenvalue weighted by Crippen LogP contribution is -2.34. The van der Waals surface area contributed by atoms with E-state index in [0.717, 1.165) is 11.8 Å². The molecule has 3 N–H and O–H groups in total. The van der Waals surface area contributed by atoms with Crippen LogP contribution in [-0.2, 0) is 19.0 Å². The van der Waals surface area contributed by atoms with Gasteiger partial charge in [-0.2, -0.15) is 0 Å². The summed E-state index contributed by atoms with van der Waals surface area (Å²) in [6.45, 7) is 11.3. The number of carbonyl (C=O) groups excluding carboxylic acids is 3. The third-order valence-corrected chi connectivity index (χ3v) is 2.89. The Morgan fingerprint density at radius 1 is 0.893 bits per heavy atom. The van der Waals surface area contributed by atoms with Gasteiger partial charge in [0.05, 0.1) is 13.2 Å². The van der Waals surface area contributed by atoms with Gasteiger partial charge in [0.25, 0.3) is 0 Å². The van der Waals surface area contributed by atoms with Crippen molar-refractivity contribution in [2.24, 2.45) is 0 Å². The zero-order valence-electron chi connectivity index (χ0n) is 17.7. The summed E-state index contributed by atoms with van der Waals surface area (Å²) >= 11 is 3.23. The van der Waals surface area contributed by atoms with Crippen LogP contribution in [0.25, 0.3) is 0 Å². The molecule has 28 heavy (non-hydrogen) atoms. The Kier molecular flexibility index (Phi) is 15.7. The second kappa shape index (κ2) is 15.4. The van der Waals surface area contributed by atoms with E-state index < -0.39 is 23.4 Å². The van der Waals surface area contributed by atoms with Gasteiger partial charge in [0, 0.05) is 18.3 Å². The summed E-state index contributed by atoms with van der Waals surface area (Å²) in [5.41, 5.74) is -0.990. The smallest absolute Gasteiger partial charge is 0.407 e. The molecule has 0 saturated heterocycles. The topological polar surface area (TPSA) is 123 Å². The number of hydrogen-bond acceptors (Lipinski definition) is 7. The molecular weight excluding hydrogens is 436 g/mol. The zero-order valence-corrected chi connectivity index (χ0v) is 19.3. The first-order valence-electron chi connectivity index (χ1n) is 9.07. The second-order valence-electron chi connectivity index (χ2n) is 7.59. The Labute approximate surface area is 176 Å². The lowest BCUT2D eigenvalue weighted by Gasteiger charge is -2.19. The molecule has 10 heteroatoms. The molecule has 2 amide bonds. The highest BCUT2D eigenvalue weighted by atomic mass is 79.9. The predicted octanol–water partition coefficient (Wildman–Crippen LogP) is 2.73. The summed E-state index contributed by atoms with van der Waals surface area (Å²) in [5.74, 6) is -0.254. The molecule has 0 aromatic carbocycles. The molecule has 0 aromatic heterocycles. The second-order valence-corrected chi connectivity index (χ2v) is 8.39. The Hall–Kier alpha value is -1.55. The van der Waals surface area contributed by atoms with Crippen molar-refractivity contribution >= 4 is 34.1 Å². The maximum Gasteiger partial charge on any atom is 0.407 e. The van der Waals surface area contributed by atoms with Crippen LogP contribution < -0.4 is 10.6 Å². The number of carbonyl (C=O) groups is 3. The van der Waals surface area contributed by atoms with Crippen LogP contribution in [0.1, 0.15) is 54.4 Å². The van der Waals surface area contributed by atoms with Crippen molar-refractivity contribution in [3.05, 3.63) is 0 Å². The normalized spacial score (nSPS) is 10.9. The first kappa shape index (κ1) is 28.7. The Morgan fingerprint density at radius 2 is 1.36 bits per heavy atom. The van der Waals surface area contributed by atoms with E-state index in [1.54, 1.807) is 41.5 Å². The van der Waals surface area contributed by atoms with Crippen LogP contribution in [-0.4, -0.2) is 66.1 Å². The number of alkyl halides is 1. The molecule has 0 spiro atoms. The number of rotatable bonds is 8. The van der Waals surface area contributed by atoms with Gasteiger partial charge < -0.3 is 30.0 Å². The van der Waals surface area contributed by atoms with E-state index in [1.807, 2.05) is 0 Å². The molecule has 0 rings (SSSR count). The van der Waals surface area contributed by atoms with Crippen LogP contribution in [0.15, 0.2) is 0 Å². The van der Waals surface area contributed by atoms with E-state index in [9.17, 15) is 14.4 Å². The van der Waals surface area contributed by atoms with E-state index in [2.05, 4.69) is 26.6 Å². The van der Waals surface area contributed by atoms with Gasteiger partial charge in [0.1, 0.15) is 17.8 Å². The van der Waals surface area contributed by atoms with Gasteiger partial charge in [-0.15, -0.1) is 0 Å². The third-order valence-electron chi connectivity index (χ3n) is 2.33. The molecule has 0 aliphatic rings. The van der Waals surface area contributed by atoms with Crippen LogP contribution in [0.5, 0.6) is 0 Å². The highest BCUT2D eigenvalue weighted by Gasteiger charge is 2.16. The summed E-state index contributed by atoms with van der Waals surface area (Å²) in [6.07, 6.45) is 0.135. The maximum absolute atomic E-state index is 11.2. The van der Waals surface area contributed by atoms with E-state index in [-0.39, 0.29) is 32.3 Å². The van der Waals surface area contributed by atoms with E-state index in [4.69, 9.17) is 19.3 Å². The molecule has 0 heterocycles. The van der Waals surface area contributed by atoms with Gasteiger partial charge in [-0.1, -0.05) is 15.9 Å². The van der Waals surface area contributed by atoms with Crippen molar-refractivity contribution in [3.63, 3.8) is 0 Å². The molecule has 0 saturated carbocycles. The first-order valence-corrected chi connectivity index (χ1v) is 10.2. The zero-order chi connectivity index (χ0) is 22.2. The fraction of sp³-hybridized carbons (Fsp3) is 0.833. The van der Waals surface area contributed by atoms with Crippen molar-refractivity contribution < 1.29 is 33.7 Å². The standard InChI is InChI=1S/C11H20BrNO4.C7H15NO3/c1-11(2,3)17-10(15)13-7-8-16-9(14)5-4-6-12;1-7(2,3)11-6(10)8-4-5-9/h4-8H2,1-3H3,(H,13,15);9H,4-5H2,1-3H3,(H,8,10). The fourth-order valence-electron chi connectivity index (χ4n) is 1.39. The number of amides is 2. The highest BCUT2D eigenvalue weighted by molar-refractivity contribution is 9.09. The summed E-state index contributed by atoms with van der Waals surface area (Å²) in [5, 5.41) is 14.0. The van der Waals surface area contributed by atoms with Crippen LogP contribution in [0.4, 0.5) is 9.59 Å². The van der Waals surface area contributed by atoms with Gasteiger partial charge in [-0.25, -0.2) is 9.59 Å². The lowest BCUT2D eigenvalue weighted by molar-refractivity contribution is -0.143. The minimum absolute atomic E-state index is 0.0702. The number of alkyl carbamates (subject to hydrolysis) is 2. The average molecular weight is 471 g/mol. The molecule has 166 valence electrons. The maximum atomic E-state index is 11.2. The average Bonchev–Trinajstić information content (AvgIpc) is 2.52. The summed E-state index contributed by atoms with van der Waals surface area (Å²) in [7, 11) is 0. The number of esters is 1. The predicted molar refractivity (Wildman–Crippen MR) is 110 cm³/mol. The highest BCUT2D eigenvalue weighted by Crippen LogP contribution is 2.06. The van der Waals surface area contributed by atoms with Crippen LogP contribution in [0.2, 0.25) is 0 Å². The SMILES string of the molecule is CC(C)(C)OC(=O)NCCO.CC(C)(C)OC(=O)NCCOC(=O)CCCBr. The van der Waals surface area contributed by atoms with Crippen molar-refractivity contribution in [2.45, 2.75) is 65.6 Å². The molecule has 0 aliphatic carbocycles. The van der Waals surface area contributed by atoms with Crippen LogP contribution in [0, 0.1) is 0 Å². The van der Waals surface area contributed by atoms with Gasteiger partial charge in [-0.05, 0) is 48.0 Å². The van der Waals surface area contributed by atoms with E-state index in [0.29, 0.717) is 6.42 Å². The number of hydrogen-bond donors (Lipinski definition) is 3. The minimum atomic E-state index is -0.517. The monoisotopic (exact) mass is 470 g/mol. The number of aliphatic hydroxyl groups is 1. The van der Waals surface area contributed by atoms with Gasteiger partial charge in [-0.3, -0.25) is 4.79 Å². The molecule has 0 unspecified atom stereocenters.